The highest BCUT2D eigenvalue weighted by Gasteiger charge is 2.20. The lowest BCUT2D eigenvalue weighted by molar-refractivity contribution is 0.124. The lowest BCUT2D eigenvalue weighted by atomic mass is 10.0. The minimum atomic E-state index is -0.169. The average Bonchev–Trinajstić information content (AvgIpc) is 3.18. The molecule has 0 aromatic heterocycles. The minimum absolute atomic E-state index is 0.169. The van der Waals surface area contributed by atoms with Gasteiger partial charge in [-0.15, -0.1) is 0 Å². The first-order valence-electron chi connectivity index (χ1n) is 6.86. The van der Waals surface area contributed by atoms with E-state index >= 15 is 0 Å². The summed E-state index contributed by atoms with van der Waals surface area (Å²) in [5.41, 5.74) is 1.01. The molecule has 0 bridgehead atoms. The molecule has 0 radical (unpaired) electrons. The lowest BCUT2D eigenvalue weighted by Gasteiger charge is -2.17. The number of benzene rings is 1. The summed E-state index contributed by atoms with van der Waals surface area (Å²) in [6, 6.07) is 7.03. The summed E-state index contributed by atoms with van der Waals surface area (Å²) in [6.07, 6.45) is 3.61. The smallest absolute Gasteiger partial charge is 0.123 e. The molecule has 18 heavy (non-hydrogen) atoms. The van der Waals surface area contributed by atoms with Crippen molar-refractivity contribution in [3.05, 3.63) is 35.6 Å². The first-order valence-corrected chi connectivity index (χ1v) is 6.86. The zero-order valence-electron chi connectivity index (χ0n) is 11.0. The summed E-state index contributed by atoms with van der Waals surface area (Å²) < 4.78 is 18.7. The van der Waals surface area contributed by atoms with Crippen LogP contribution in [0.15, 0.2) is 24.3 Å². The fraction of sp³-hybridized carbons (Fsp3) is 0.600. The van der Waals surface area contributed by atoms with Crippen LogP contribution in [-0.4, -0.2) is 19.8 Å². The van der Waals surface area contributed by atoms with Crippen molar-refractivity contribution in [1.29, 1.82) is 0 Å². The Hall–Kier alpha value is -0.930. The third-order valence-electron chi connectivity index (χ3n) is 3.35. The van der Waals surface area contributed by atoms with E-state index in [1.54, 1.807) is 12.1 Å². The normalized spacial score (nSPS) is 16.8. The number of nitrogens with one attached hydrogen (secondary N) is 1. The molecule has 1 aromatic carbocycles. The number of ether oxygens (including phenoxy) is 1. The van der Waals surface area contributed by atoms with Crippen LogP contribution in [0.5, 0.6) is 0 Å². The Morgan fingerprint density at radius 2 is 2.28 bits per heavy atom. The van der Waals surface area contributed by atoms with Crippen molar-refractivity contribution < 1.29 is 9.13 Å². The van der Waals surface area contributed by atoms with Crippen molar-refractivity contribution in [2.75, 3.05) is 19.8 Å². The van der Waals surface area contributed by atoms with Gasteiger partial charge >= 0.3 is 0 Å². The molecule has 100 valence electrons. The standard InChI is InChI=1S/C15H22FNO/c1-2-15(13-4-3-5-14(16)10-13)17-8-9-18-11-12-6-7-12/h3-5,10,12,15,17H,2,6-9,11H2,1H3. The van der Waals surface area contributed by atoms with E-state index in [0.29, 0.717) is 0 Å². The Kier molecular flexibility index (Phi) is 5.14. The monoisotopic (exact) mass is 251 g/mol. The van der Waals surface area contributed by atoms with Gasteiger partial charge in [-0.2, -0.15) is 0 Å². The Morgan fingerprint density at radius 1 is 1.44 bits per heavy atom. The second kappa shape index (κ2) is 6.86. The fourth-order valence-corrected chi connectivity index (χ4v) is 2.06. The number of rotatable bonds is 8. The summed E-state index contributed by atoms with van der Waals surface area (Å²) in [7, 11) is 0. The Balaban J connectivity index is 1.70. The quantitative estimate of drug-likeness (QED) is 0.716. The van der Waals surface area contributed by atoms with Crippen LogP contribution in [0.1, 0.15) is 37.8 Å². The van der Waals surface area contributed by atoms with Crippen molar-refractivity contribution in [1.82, 2.24) is 5.32 Å². The van der Waals surface area contributed by atoms with Crippen LogP contribution in [0.2, 0.25) is 0 Å². The molecule has 1 aliphatic rings. The van der Waals surface area contributed by atoms with Crippen LogP contribution in [0, 0.1) is 11.7 Å². The molecule has 0 aliphatic heterocycles. The molecule has 0 amide bonds. The average molecular weight is 251 g/mol. The second-order valence-electron chi connectivity index (χ2n) is 4.99. The largest absolute Gasteiger partial charge is 0.380 e. The second-order valence-corrected chi connectivity index (χ2v) is 4.99. The van der Waals surface area contributed by atoms with Crippen molar-refractivity contribution in [2.45, 2.75) is 32.2 Å². The topological polar surface area (TPSA) is 21.3 Å². The van der Waals surface area contributed by atoms with E-state index in [1.165, 1.54) is 18.9 Å². The van der Waals surface area contributed by atoms with Gasteiger partial charge in [0.05, 0.1) is 6.61 Å². The van der Waals surface area contributed by atoms with Gasteiger partial charge in [-0.3, -0.25) is 0 Å². The van der Waals surface area contributed by atoms with Crippen LogP contribution in [0.3, 0.4) is 0 Å². The van der Waals surface area contributed by atoms with Gasteiger partial charge in [0.15, 0.2) is 0 Å². The summed E-state index contributed by atoms with van der Waals surface area (Å²) >= 11 is 0. The third-order valence-corrected chi connectivity index (χ3v) is 3.35. The van der Waals surface area contributed by atoms with Gasteiger partial charge < -0.3 is 10.1 Å². The van der Waals surface area contributed by atoms with Crippen LogP contribution in [0.4, 0.5) is 4.39 Å². The molecular weight excluding hydrogens is 229 g/mol. The Bertz CT molecular complexity index is 365. The maximum atomic E-state index is 13.2. The summed E-state index contributed by atoms with van der Waals surface area (Å²) in [4.78, 5) is 0. The highest BCUT2D eigenvalue weighted by molar-refractivity contribution is 5.19. The number of hydrogen-bond acceptors (Lipinski definition) is 2. The van der Waals surface area contributed by atoms with Crippen molar-refractivity contribution in [3.63, 3.8) is 0 Å². The van der Waals surface area contributed by atoms with E-state index in [1.807, 2.05) is 6.07 Å². The molecule has 1 saturated carbocycles. The number of hydrogen-bond donors (Lipinski definition) is 1. The summed E-state index contributed by atoms with van der Waals surface area (Å²) in [5, 5.41) is 3.42. The first kappa shape index (κ1) is 13.5. The molecule has 1 atom stereocenters. The molecule has 1 unspecified atom stereocenters. The minimum Gasteiger partial charge on any atom is -0.380 e. The Labute approximate surface area is 109 Å². The molecule has 0 heterocycles. The third kappa shape index (κ3) is 4.39. The predicted octanol–water partition coefficient (Wildman–Crippen LogP) is 3.29. The predicted molar refractivity (Wildman–Crippen MR) is 71.0 cm³/mol. The number of halogens is 1. The molecule has 0 spiro atoms. The van der Waals surface area contributed by atoms with Crippen molar-refractivity contribution >= 4 is 0 Å². The van der Waals surface area contributed by atoms with E-state index in [0.717, 1.165) is 37.7 Å². The fourth-order valence-electron chi connectivity index (χ4n) is 2.06. The van der Waals surface area contributed by atoms with Gasteiger partial charge in [-0.05, 0) is 42.9 Å². The molecular formula is C15H22FNO. The van der Waals surface area contributed by atoms with Crippen LogP contribution < -0.4 is 5.32 Å². The maximum absolute atomic E-state index is 13.2. The highest BCUT2D eigenvalue weighted by Crippen LogP contribution is 2.28. The van der Waals surface area contributed by atoms with E-state index in [2.05, 4.69) is 12.2 Å². The van der Waals surface area contributed by atoms with Gasteiger partial charge in [0, 0.05) is 19.2 Å². The first-order chi connectivity index (χ1) is 8.79. The molecule has 1 N–H and O–H groups in total. The molecule has 1 aromatic rings. The van der Waals surface area contributed by atoms with Crippen LogP contribution in [-0.2, 0) is 4.74 Å². The molecule has 2 nitrogen and oxygen atoms in total. The van der Waals surface area contributed by atoms with E-state index < -0.39 is 0 Å². The molecule has 2 rings (SSSR count). The zero-order valence-corrected chi connectivity index (χ0v) is 11.0. The summed E-state index contributed by atoms with van der Waals surface area (Å²) in [5.74, 6) is 0.646. The maximum Gasteiger partial charge on any atom is 0.123 e. The van der Waals surface area contributed by atoms with Gasteiger partial charge in [0.1, 0.15) is 5.82 Å². The summed E-state index contributed by atoms with van der Waals surface area (Å²) in [6.45, 7) is 4.57. The van der Waals surface area contributed by atoms with E-state index in [9.17, 15) is 4.39 Å². The molecule has 1 fully saturated rings. The van der Waals surface area contributed by atoms with Crippen LogP contribution >= 0.6 is 0 Å². The van der Waals surface area contributed by atoms with Crippen molar-refractivity contribution in [3.8, 4) is 0 Å². The van der Waals surface area contributed by atoms with Crippen LogP contribution in [0.25, 0.3) is 0 Å². The lowest BCUT2D eigenvalue weighted by Crippen LogP contribution is -2.25. The van der Waals surface area contributed by atoms with E-state index in [4.69, 9.17) is 4.74 Å². The highest BCUT2D eigenvalue weighted by atomic mass is 19.1. The van der Waals surface area contributed by atoms with Gasteiger partial charge in [0.2, 0.25) is 0 Å². The van der Waals surface area contributed by atoms with Gasteiger partial charge in [0.25, 0.3) is 0 Å². The van der Waals surface area contributed by atoms with Gasteiger partial charge in [-0.25, -0.2) is 4.39 Å². The molecule has 0 saturated heterocycles. The van der Waals surface area contributed by atoms with Gasteiger partial charge in [-0.1, -0.05) is 19.1 Å². The molecule has 1 aliphatic carbocycles. The molecule has 3 heteroatoms. The zero-order chi connectivity index (χ0) is 12.8. The van der Waals surface area contributed by atoms with Crippen molar-refractivity contribution in [2.24, 2.45) is 5.92 Å². The Morgan fingerprint density at radius 3 is 2.94 bits per heavy atom. The SMILES string of the molecule is CCC(NCCOCC1CC1)c1cccc(F)c1. The van der Waals surface area contributed by atoms with E-state index in [-0.39, 0.29) is 11.9 Å².